The van der Waals surface area contributed by atoms with Gasteiger partial charge < -0.3 is 14.9 Å². The molecule has 5 heteroatoms. The van der Waals surface area contributed by atoms with Gasteiger partial charge in [0.05, 0.1) is 0 Å². The van der Waals surface area contributed by atoms with E-state index in [1.54, 1.807) is 6.92 Å². The summed E-state index contributed by atoms with van der Waals surface area (Å²) in [6, 6.07) is 0. The van der Waals surface area contributed by atoms with Crippen molar-refractivity contribution in [3.8, 4) is 0 Å². The van der Waals surface area contributed by atoms with Crippen LogP contribution in [0.15, 0.2) is 12.2 Å². The highest BCUT2D eigenvalue weighted by atomic mass is 16.6. The van der Waals surface area contributed by atoms with Gasteiger partial charge >= 0.3 is 5.97 Å². The van der Waals surface area contributed by atoms with E-state index in [0.717, 1.165) is 0 Å². The summed E-state index contributed by atoms with van der Waals surface area (Å²) in [5.74, 6) is -0.738. The maximum Gasteiger partial charge on any atom is 0.335 e. The minimum Gasteiger partial charge on any atom is -0.435 e. The molecule has 1 unspecified atom stereocenters. The topological polar surface area (TPSA) is 92.8 Å². The van der Waals surface area contributed by atoms with Gasteiger partial charge in [-0.2, -0.15) is 0 Å². The second kappa shape index (κ2) is 4.36. The molecule has 1 atom stereocenters. The van der Waals surface area contributed by atoms with Crippen LogP contribution < -0.4 is 5.73 Å². The van der Waals surface area contributed by atoms with E-state index in [-0.39, 0.29) is 12.0 Å². The first-order valence-corrected chi connectivity index (χ1v) is 3.87. The molecule has 0 fully saturated rings. The molecule has 76 valence electrons. The predicted octanol–water partition coefficient (Wildman–Crippen LogP) is -0.519. The Balaban J connectivity index is 4.45. The van der Waals surface area contributed by atoms with Gasteiger partial charge in [-0.15, -0.1) is 0 Å². The third kappa shape index (κ3) is 3.14. The molecular weight excluding hydrogens is 174 g/mol. The Morgan fingerprint density at radius 3 is 2.38 bits per heavy atom. The minimum atomic E-state index is -1.90. The highest BCUT2D eigenvalue weighted by Gasteiger charge is 2.35. The predicted molar refractivity (Wildman–Crippen MR) is 46.3 cm³/mol. The van der Waals surface area contributed by atoms with Crippen molar-refractivity contribution in [3.05, 3.63) is 12.2 Å². The van der Waals surface area contributed by atoms with E-state index in [0.29, 0.717) is 0 Å². The smallest absolute Gasteiger partial charge is 0.335 e. The van der Waals surface area contributed by atoms with Crippen LogP contribution in [0.1, 0.15) is 20.3 Å². The Hall–Kier alpha value is -0.910. The standard InChI is InChI=1S/C8H15NO4/c1-4-8(9,7(11)12)13-6(10)5(2)3/h7,11-12H,2,4,9H2,1,3H3. The number of aliphatic hydroxyl groups is 2. The van der Waals surface area contributed by atoms with Gasteiger partial charge in [-0.1, -0.05) is 13.5 Å². The van der Waals surface area contributed by atoms with Crippen LogP contribution in [0, 0.1) is 0 Å². The Bertz CT molecular complexity index is 214. The van der Waals surface area contributed by atoms with Crippen LogP contribution in [0.3, 0.4) is 0 Å². The first-order valence-electron chi connectivity index (χ1n) is 3.87. The van der Waals surface area contributed by atoms with Gasteiger partial charge in [0.2, 0.25) is 12.0 Å². The number of carbonyl (C=O) groups excluding carboxylic acids is 1. The highest BCUT2D eigenvalue weighted by Crippen LogP contribution is 2.14. The second-order valence-electron chi connectivity index (χ2n) is 2.85. The molecule has 0 rings (SSSR count). The molecule has 0 spiro atoms. The summed E-state index contributed by atoms with van der Waals surface area (Å²) in [5, 5.41) is 17.7. The highest BCUT2D eigenvalue weighted by molar-refractivity contribution is 5.87. The zero-order chi connectivity index (χ0) is 10.6. The lowest BCUT2D eigenvalue weighted by atomic mass is 10.1. The van der Waals surface area contributed by atoms with Crippen LogP contribution in [-0.2, 0) is 9.53 Å². The molecule has 0 aliphatic heterocycles. The van der Waals surface area contributed by atoms with Crippen LogP contribution in [0.25, 0.3) is 0 Å². The molecule has 4 N–H and O–H groups in total. The molecule has 0 aromatic rings. The SMILES string of the molecule is C=C(C)C(=O)OC(N)(CC)C(O)O. The number of esters is 1. The van der Waals surface area contributed by atoms with Crippen molar-refractivity contribution in [2.45, 2.75) is 32.3 Å². The van der Waals surface area contributed by atoms with Crippen LogP contribution in [0.2, 0.25) is 0 Å². The van der Waals surface area contributed by atoms with Crippen LogP contribution in [-0.4, -0.2) is 28.2 Å². The fraction of sp³-hybridized carbons (Fsp3) is 0.625. The van der Waals surface area contributed by atoms with Crippen molar-refractivity contribution in [3.63, 3.8) is 0 Å². The van der Waals surface area contributed by atoms with Gasteiger partial charge in [0.1, 0.15) is 0 Å². The van der Waals surface area contributed by atoms with Crippen molar-refractivity contribution in [1.82, 2.24) is 0 Å². The maximum atomic E-state index is 11.0. The lowest BCUT2D eigenvalue weighted by molar-refractivity contribution is -0.209. The fourth-order valence-corrected chi connectivity index (χ4v) is 0.567. The lowest BCUT2D eigenvalue weighted by Gasteiger charge is -2.29. The molecule has 0 aromatic heterocycles. The first-order chi connectivity index (χ1) is 5.83. The number of hydrogen-bond acceptors (Lipinski definition) is 5. The quantitative estimate of drug-likeness (QED) is 0.314. The molecule has 5 nitrogen and oxygen atoms in total. The number of ether oxygens (including phenoxy) is 1. The second-order valence-corrected chi connectivity index (χ2v) is 2.85. The summed E-state index contributed by atoms with van der Waals surface area (Å²) in [7, 11) is 0. The number of rotatable bonds is 4. The van der Waals surface area contributed by atoms with Gasteiger partial charge in [-0.3, -0.25) is 5.73 Å². The van der Waals surface area contributed by atoms with Gasteiger partial charge in [0, 0.05) is 12.0 Å². The van der Waals surface area contributed by atoms with Crippen LogP contribution in [0.4, 0.5) is 0 Å². The summed E-state index contributed by atoms with van der Waals surface area (Å²) in [6.45, 7) is 6.36. The van der Waals surface area contributed by atoms with Gasteiger partial charge in [0.15, 0.2) is 0 Å². The van der Waals surface area contributed by atoms with E-state index in [2.05, 4.69) is 11.3 Å². The van der Waals surface area contributed by atoms with Gasteiger partial charge in [0.25, 0.3) is 0 Å². The summed E-state index contributed by atoms with van der Waals surface area (Å²) in [5.41, 5.74) is 3.80. The van der Waals surface area contributed by atoms with Crippen molar-refractivity contribution >= 4 is 5.97 Å². The zero-order valence-corrected chi connectivity index (χ0v) is 7.78. The largest absolute Gasteiger partial charge is 0.435 e. The van der Waals surface area contributed by atoms with Crippen molar-refractivity contribution in [2.75, 3.05) is 0 Å². The average Bonchev–Trinajstić information content (AvgIpc) is 2.03. The molecule has 0 saturated carbocycles. The number of nitrogens with two attached hydrogens (primary N) is 1. The van der Waals surface area contributed by atoms with Crippen LogP contribution in [0.5, 0.6) is 0 Å². The Labute approximate surface area is 76.8 Å². The third-order valence-corrected chi connectivity index (χ3v) is 1.62. The molecule has 13 heavy (non-hydrogen) atoms. The molecule has 0 aromatic carbocycles. The third-order valence-electron chi connectivity index (χ3n) is 1.62. The normalized spacial score (nSPS) is 15.2. The van der Waals surface area contributed by atoms with E-state index in [1.807, 2.05) is 0 Å². The molecule has 0 aliphatic rings. The van der Waals surface area contributed by atoms with Gasteiger partial charge in [-0.25, -0.2) is 4.79 Å². The minimum absolute atomic E-state index is 0.101. The summed E-state index contributed by atoms with van der Waals surface area (Å²) >= 11 is 0. The first kappa shape index (κ1) is 12.1. The molecule has 0 heterocycles. The van der Waals surface area contributed by atoms with E-state index < -0.39 is 18.0 Å². The van der Waals surface area contributed by atoms with Crippen molar-refractivity contribution in [1.29, 1.82) is 0 Å². The van der Waals surface area contributed by atoms with E-state index in [1.165, 1.54) is 6.92 Å². The van der Waals surface area contributed by atoms with Gasteiger partial charge in [-0.05, 0) is 6.92 Å². The van der Waals surface area contributed by atoms with E-state index in [9.17, 15) is 4.79 Å². The molecular formula is C8H15NO4. The van der Waals surface area contributed by atoms with Crippen molar-refractivity contribution < 1.29 is 19.7 Å². The zero-order valence-electron chi connectivity index (χ0n) is 7.78. The monoisotopic (exact) mass is 189 g/mol. The number of aliphatic hydroxyl groups excluding tert-OH is 1. The Morgan fingerprint density at radius 2 is 2.15 bits per heavy atom. The molecule has 0 radical (unpaired) electrons. The average molecular weight is 189 g/mol. The Morgan fingerprint density at radius 1 is 1.69 bits per heavy atom. The fourth-order valence-electron chi connectivity index (χ4n) is 0.567. The summed E-state index contributed by atoms with van der Waals surface area (Å²) < 4.78 is 4.65. The van der Waals surface area contributed by atoms with Crippen molar-refractivity contribution in [2.24, 2.45) is 5.73 Å². The lowest BCUT2D eigenvalue weighted by Crippen LogP contribution is -2.54. The molecule has 0 saturated heterocycles. The molecule has 0 bridgehead atoms. The maximum absolute atomic E-state index is 11.0. The Kier molecular flexibility index (Phi) is 4.06. The van der Waals surface area contributed by atoms with E-state index in [4.69, 9.17) is 15.9 Å². The molecule has 0 amide bonds. The summed E-state index contributed by atoms with van der Waals surface area (Å²) in [6.07, 6.45) is -1.80. The summed E-state index contributed by atoms with van der Waals surface area (Å²) in [4.78, 5) is 11.0. The van der Waals surface area contributed by atoms with E-state index >= 15 is 0 Å². The van der Waals surface area contributed by atoms with Crippen LogP contribution >= 0.6 is 0 Å². The number of hydrogen-bond donors (Lipinski definition) is 3. The number of carbonyl (C=O) groups is 1. The molecule has 0 aliphatic carbocycles.